The molecule has 2 aromatic heterocycles. The quantitative estimate of drug-likeness (QED) is 0.785. The normalized spacial score (nSPS) is 15.5. The number of hydrogen-bond donors (Lipinski definition) is 1. The van der Waals surface area contributed by atoms with Crippen molar-refractivity contribution >= 4 is 5.78 Å². The van der Waals surface area contributed by atoms with Crippen LogP contribution in [0, 0.1) is 0 Å². The maximum absolute atomic E-state index is 13.0. The Morgan fingerprint density at radius 1 is 1.27 bits per heavy atom. The van der Waals surface area contributed by atoms with Crippen molar-refractivity contribution < 1.29 is 0 Å². The first kappa shape index (κ1) is 13.2. The summed E-state index contributed by atoms with van der Waals surface area (Å²) >= 11 is 0. The molecular weight excluding hydrogens is 278 g/mol. The van der Waals surface area contributed by atoms with Gasteiger partial charge in [0.25, 0.3) is 11.3 Å². The highest BCUT2D eigenvalue weighted by Crippen LogP contribution is 2.44. The van der Waals surface area contributed by atoms with Crippen LogP contribution in [0.2, 0.25) is 0 Å². The molecule has 0 bridgehead atoms. The van der Waals surface area contributed by atoms with Crippen molar-refractivity contribution in [1.82, 2.24) is 25.0 Å². The molecule has 6 nitrogen and oxygen atoms in total. The molecule has 0 fully saturated rings. The lowest BCUT2D eigenvalue weighted by Gasteiger charge is -2.37. The number of fused-ring (bicyclic) bond motifs is 4. The molecule has 2 heterocycles. The van der Waals surface area contributed by atoms with Crippen molar-refractivity contribution in [2.24, 2.45) is 0 Å². The van der Waals surface area contributed by atoms with E-state index in [2.05, 4.69) is 40.4 Å². The molecule has 3 aromatic rings. The summed E-state index contributed by atoms with van der Waals surface area (Å²) in [6.45, 7) is 4.28. The van der Waals surface area contributed by atoms with Gasteiger partial charge < -0.3 is 0 Å². The van der Waals surface area contributed by atoms with E-state index in [9.17, 15) is 4.79 Å². The number of aromatic nitrogens is 5. The fourth-order valence-corrected chi connectivity index (χ4v) is 3.66. The zero-order chi connectivity index (χ0) is 15.3. The van der Waals surface area contributed by atoms with Crippen LogP contribution in [-0.4, -0.2) is 25.0 Å². The van der Waals surface area contributed by atoms with Gasteiger partial charge >= 0.3 is 0 Å². The van der Waals surface area contributed by atoms with Gasteiger partial charge in [0.15, 0.2) is 0 Å². The maximum atomic E-state index is 13.0. The Morgan fingerprint density at radius 3 is 2.82 bits per heavy atom. The molecule has 22 heavy (non-hydrogen) atoms. The van der Waals surface area contributed by atoms with E-state index in [0.717, 1.165) is 36.1 Å². The van der Waals surface area contributed by atoms with Gasteiger partial charge in [0.2, 0.25) is 0 Å². The Morgan fingerprint density at radius 2 is 2.05 bits per heavy atom. The van der Waals surface area contributed by atoms with Gasteiger partial charge in [-0.2, -0.15) is 9.73 Å². The summed E-state index contributed by atoms with van der Waals surface area (Å²) in [6.07, 6.45) is 2.67. The summed E-state index contributed by atoms with van der Waals surface area (Å²) < 4.78 is 1.34. The first-order chi connectivity index (χ1) is 10.7. The standard InChI is InChI=1S/C16H17N5O/c1-3-16(4-2)9-10-7-5-6-8-11(10)13-12(16)14(22)21-15(17-13)18-19-20-21/h5-8H,3-4,9H2,1-2H3,(H,17,18,20). The van der Waals surface area contributed by atoms with Crippen LogP contribution in [0.1, 0.15) is 37.8 Å². The number of tetrazole rings is 1. The lowest BCUT2D eigenvalue weighted by Crippen LogP contribution is -2.39. The van der Waals surface area contributed by atoms with E-state index >= 15 is 0 Å². The van der Waals surface area contributed by atoms with Crippen LogP contribution in [0.4, 0.5) is 0 Å². The predicted molar refractivity (Wildman–Crippen MR) is 82.8 cm³/mol. The largest absolute Gasteiger partial charge is 0.279 e. The van der Waals surface area contributed by atoms with Gasteiger partial charge in [0.05, 0.1) is 11.3 Å². The predicted octanol–water partition coefficient (Wildman–Crippen LogP) is 2.09. The molecule has 1 aromatic carbocycles. The maximum Gasteiger partial charge on any atom is 0.279 e. The van der Waals surface area contributed by atoms with Crippen LogP contribution in [0.3, 0.4) is 0 Å². The second kappa shape index (κ2) is 4.50. The van der Waals surface area contributed by atoms with Gasteiger partial charge in [0.1, 0.15) is 0 Å². The van der Waals surface area contributed by atoms with Crippen LogP contribution in [0.5, 0.6) is 0 Å². The molecule has 0 amide bonds. The molecule has 0 saturated carbocycles. The number of aromatic amines is 1. The Labute approximate surface area is 127 Å². The van der Waals surface area contributed by atoms with Crippen molar-refractivity contribution in [2.75, 3.05) is 0 Å². The Balaban J connectivity index is 2.18. The average Bonchev–Trinajstić information content (AvgIpc) is 3.03. The first-order valence-corrected chi connectivity index (χ1v) is 7.63. The zero-order valence-electron chi connectivity index (χ0n) is 12.6. The van der Waals surface area contributed by atoms with E-state index in [-0.39, 0.29) is 11.0 Å². The molecule has 1 aliphatic carbocycles. The first-order valence-electron chi connectivity index (χ1n) is 7.63. The van der Waals surface area contributed by atoms with E-state index in [1.807, 2.05) is 18.2 Å². The molecule has 112 valence electrons. The van der Waals surface area contributed by atoms with E-state index in [1.54, 1.807) is 0 Å². The topological polar surface area (TPSA) is 75.9 Å². The van der Waals surface area contributed by atoms with Crippen molar-refractivity contribution in [3.63, 3.8) is 0 Å². The van der Waals surface area contributed by atoms with Gasteiger partial charge in [-0.1, -0.05) is 43.2 Å². The van der Waals surface area contributed by atoms with Crippen molar-refractivity contribution in [3.05, 3.63) is 45.7 Å². The third-order valence-corrected chi connectivity index (χ3v) is 5.03. The number of rotatable bonds is 2. The van der Waals surface area contributed by atoms with Crippen LogP contribution < -0.4 is 5.56 Å². The Kier molecular flexibility index (Phi) is 2.69. The fraction of sp³-hybridized carbons (Fsp3) is 0.375. The van der Waals surface area contributed by atoms with Crippen LogP contribution in [-0.2, 0) is 11.8 Å². The third kappa shape index (κ3) is 1.55. The van der Waals surface area contributed by atoms with E-state index in [4.69, 9.17) is 0 Å². The SMILES string of the molecule is CCC1(CC)Cc2ccccc2-c2nc3nn[nH]n3c(=O)c21. The summed E-state index contributed by atoms with van der Waals surface area (Å²) in [5, 5.41) is 10.2. The molecule has 0 saturated heterocycles. The highest BCUT2D eigenvalue weighted by Gasteiger charge is 2.40. The van der Waals surface area contributed by atoms with E-state index < -0.39 is 0 Å². The summed E-state index contributed by atoms with van der Waals surface area (Å²) in [7, 11) is 0. The van der Waals surface area contributed by atoms with Gasteiger partial charge in [0, 0.05) is 11.0 Å². The van der Waals surface area contributed by atoms with Gasteiger partial charge in [-0.25, -0.2) is 4.98 Å². The van der Waals surface area contributed by atoms with Crippen LogP contribution in [0.25, 0.3) is 17.0 Å². The zero-order valence-corrected chi connectivity index (χ0v) is 12.6. The number of hydrogen-bond acceptors (Lipinski definition) is 4. The van der Waals surface area contributed by atoms with E-state index in [0.29, 0.717) is 5.78 Å². The lowest BCUT2D eigenvalue weighted by atomic mass is 9.66. The summed E-state index contributed by atoms with van der Waals surface area (Å²) in [6, 6.07) is 8.19. The van der Waals surface area contributed by atoms with Gasteiger partial charge in [-0.05, 0) is 30.0 Å². The number of nitrogens with zero attached hydrogens (tertiary/aromatic N) is 4. The second-order valence-electron chi connectivity index (χ2n) is 5.90. The van der Waals surface area contributed by atoms with Crippen molar-refractivity contribution in [2.45, 2.75) is 38.5 Å². The van der Waals surface area contributed by atoms with Crippen LogP contribution >= 0.6 is 0 Å². The molecule has 6 heteroatoms. The summed E-state index contributed by atoms with van der Waals surface area (Å²) in [5.41, 5.74) is 3.59. The molecule has 1 aliphatic rings. The molecule has 0 unspecified atom stereocenters. The average molecular weight is 295 g/mol. The monoisotopic (exact) mass is 295 g/mol. The minimum atomic E-state index is -0.180. The van der Waals surface area contributed by atoms with Gasteiger partial charge in [-0.3, -0.25) is 4.79 Å². The lowest BCUT2D eigenvalue weighted by molar-refractivity contribution is 0.382. The second-order valence-corrected chi connectivity index (χ2v) is 5.90. The summed E-state index contributed by atoms with van der Waals surface area (Å²) in [5.74, 6) is 0.321. The minimum Gasteiger partial charge on any atom is -0.267 e. The van der Waals surface area contributed by atoms with E-state index in [1.165, 1.54) is 10.1 Å². The smallest absolute Gasteiger partial charge is 0.267 e. The molecule has 0 aliphatic heterocycles. The highest BCUT2D eigenvalue weighted by molar-refractivity contribution is 5.72. The molecule has 4 rings (SSSR count). The minimum absolute atomic E-state index is 0.0804. The third-order valence-electron chi connectivity index (χ3n) is 5.03. The number of nitrogens with one attached hydrogen (secondary N) is 1. The van der Waals surface area contributed by atoms with Crippen LogP contribution in [0.15, 0.2) is 29.1 Å². The molecule has 1 N–H and O–H groups in total. The highest BCUT2D eigenvalue weighted by atomic mass is 16.1. The number of H-pyrrole nitrogens is 1. The van der Waals surface area contributed by atoms with Crippen molar-refractivity contribution in [1.29, 1.82) is 0 Å². The van der Waals surface area contributed by atoms with Gasteiger partial charge in [-0.15, -0.1) is 0 Å². The summed E-state index contributed by atoms with van der Waals surface area (Å²) in [4.78, 5) is 17.6. The Bertz CT molecular complexity index is 920. The molecule has 0 radical (unpaired) electrons. The van der Waals surface area contributed by atoms with Crippen molar-refractivity contribution in [3.8, 4) is 11.3 Å². The Hall–Kier alpha value is -2.50. The molecule has 0 atom stereocenters. The number of benzene rings is 1. The molecule has 0 spiro atoms. The fourth-order valence-electron chi connectivity index (χ4n) is 3.66. The molecular formula is C16H17N5O.